The third-order valence-corrected chi connectivity index (χ3v) is 3.46. The molecule has 0 radical (unpaired) electrons. The molecule has 0 saturated heterocycles. The molecule has 4 nitrogen and oxygen atoms in total. The molecule has 1 aliphatic rings. The van der Waals surface area contributed by atoms with Crippen LogP contribution in [0.4, 0.5) is 10.1 Å². The van der Waals surface area contributed by atoms with Gasteiger partial charge in [-0.05, 0) is 18.9 Å². The summed E-state index contributed by atoms with van der Waals surface area (Å²) in [6.07, 6.45) is -1.34. The number of alkyl halides is 1. The van der Waals surface area contributed by atoms with E-state index in [0.717, 1.165) is 0 Å². The van der Waals surface area contributed by atoms with Crippen molar-refractivity contribution in [2.24, 2.45) is 5.92 Å². The number of non-ortho nitro benzene ring substituents is 1. The van der Waals surface area contributed by atoms with E-state index in [1.165, 1.54) is 18.2 Å². The van der Waals surface area contributed by atoms with Gasteiger partial charge in [0.2, 0.25) is 0 Å². The molecule has 2 unspecified atom stereocenters. The van der Waals surface area contributed by atoms with E-state index in [1.807, 2.05) is 13.8 Å². The largest absolute Gasteiger partial charge is 0.483 e. The molecule has 0 bridgehead atoms. The van der Waals surface area contributed by atoms with Gasteiger partial charge in [0.1, 0.15) is 11.4 Å². The Morgan fingerprint density at radius 1 is 1.53 bits per heavy atom. The molecule has 0 spiro atoms. The number of nitrogens with zero attached hydrogens (tertiary/aromatic N) is 1. The lowest BCUT2D eigenvalue weighted by Crippen LogP contribution is -2.38. The van der Waals surface area contributed by atoms with Crippen LogP contribution in [0.5, 0.6) is 5.75 Å². The molecule has 0 N–H and O–H groups in total. The molecule has 0 saturated carbocycles. The lowest BCUT2D eigenvalue weighted by molar-refractivity contribution is -0.384. The van der Waals surface area contributed by atoms with Gasteiger partial charge in [0.05, 0.1) is 4.92 Å². The fourth-order valence-corrected chi connectivity index (χ4v) is 1.95. The van der Waals surface area contributed by atoms with Crippen LogP contribution in [-0.4, -0.2) is 10.5 Å². The maximum atomic E-state index is 14.3. The summed E-state index contributed by atoms with van der Waals surface area (Å²) >= 11 is 0. The number of fused-ring (bicyclic) bond motifs is 1. The molecule has 0 fully saturated rings. The van der Waals surface area contributed by atoms with Gasteiger partial charge < -0.3 is 4.74 Å². The Balaban J connectivity index is 2.46. The Kier molecular flexibility index (Phi) is 2.56. The molecule has 5 heteroatoms. The molecule has 2 atom stereocenters. The van der Waals surface area contributed by atoms with E-state index in [0.29, 0.717) is 5.75 Å². The van der Waals surface area contributed by atoms with E-state index in [-0.39, 0.29) is 17.2 Å². The minimum Gasteiger partial charge on any atom is -0.483 e. The third-order valence-electron chi connectivity index (χ3n) is 3.46. The summed E-state index contributed by atoms with van der Waals surface area (Å²) in [6.45, 7) is 5.42. The number of hydrogen-bond acceptors (Lipinski definition) is 3. The summed E-state index contributed by atoms with van der Waals surface area (Å²) in [7, 11) is 0. The minimum absolute atomic E-state index is 0.0241. The first-order chi connectivity index (χ1) is 7.86. The van der Waals surface area contributed by atoms with Crippen LogP contribution in [0.2, 0.25) is 0 Å². The predicted octanol–water partition coefficient (Wildman–Crippen LogP) is 3.41. The van der Waals surface area contributed by atoms with Crippen LogP contribution >= 0.6 is 0 Å². The van der Waals surface area contributed by atoms with Gasteiger partial charge in [0.25, 0.3) is 5.69 Å². The third kappa shape index (κ3) is 1.66. The SMILES string of the molecule is CC(C)C1(C)Oc2ccc([N+](=O)[O-])cc2C1F. The van der Waals surface area contributed by atoms with Gasteiger partial charge in [-0.15, -0.1) is 0 Å². The molecule has 92 valence electrons. The van der Waals surface area contributed by atoms with Crippen LogP contribution in [0.1, 0.15) is 32.5 Å². The number of halogens is 1. The summed E-state index contributed by atoms with van der Waals surface area (Å²) in [4.78, 5) is 10.1. The maximum Gasteiger partial charge on any atom is 0.270 e. The normalized spacial score (nSPS) is 26.8. The first kappa shape index (κ1) is 11.8. The Morgan fingerprint density at radius 3 is 2.71 bits per heavy atom. The minimum atomic E-state index is -1.34. The maximum absolute atomic E-state index is 14.3. The van der Waals surface area contributed by atoms with Gasteiger partial charge in [0.15, 0.2) is 6.17 Å². The van der Waals surface area contributed by atoms with Crippen LogP contribution in [0, 0.1) is 16.0 Å². The Hall–Kier alpha value is -1.65. The average molecular weight is 239 g/mol. The molecule has 1 aromatic rings. The number of hydrogen-bond donors (Lipinski definition) is 0. The van der Waals surface area contributed by atoms with Crippen LogP contribution in [0.15, 0.2) is 18.2 Å². The molecule has 0 aliphatic carbocycles. The van der Waals surface area contributed by atoms with Crippen LogP contribution in [-0.2, 0) is 0 Å². The smallest absolute Gasteiger partial charge is 0.270 e. The van der Waals surface area contributed by atoms with E-state index in [9.17, 15) is 14.5 Å². The highest BCUT2D eigenvalue weighted by Gasteiger charge is 2.48. The predicted molar refractivity (Wildman–Crippen MR) is 60.8 cm³/mol. The highest BCUT2D eigenvalue weighted by Crippen LogP contribution is 2.49. The Bertz CT molecular complexity index is 475. The first-order valence-corrected chi connectivity index (χ1v) is 5.47. The number of nitro benzene ring substituents is 1. The summed E-state index contributed by atoms with van der Waals surface area (Å²) in [5, 5.41) is 10.6. The number of benzene rings is 1. The monoisotopic (exact) mass is 239 g/mol. The number of nitro groups is 1. The highest BCUT2D eigenvalue weighted by molar-refractivity contribution is 5.49. The van der Waals surface area contributed by atoms with E-state index >= 15 is 0 Å². The Morgan fingerprint density at radius 2 is 2.18 bits per heavy atom. The van der Waals surface area contributed by atoms with Crippen molar-refractivity contribution < 1.29 is 14.1 Å². The summed E-state index contributed by atoms with van der Waals surface area (Å²) in [6, 6.07) is 4.05. The zero-order valence-corrected chi connectivity index (χ0v) is 9.94. The zero-order valence-electron chi connectivity index (χ0n) is 9.94. The number of ether oxygens (including phenoxy) is 1. The standard InChI is InChI=1S/C12H14FNO3/c1-7(2)12(3)11(13)9-6-8(14(15)16)4-5-10(9)17-12/h4-7,11H,1-3H3. The fraction of sp³-hybridized carbons (Fsp3) is 0.500. The second-order valence-electron chi connectivity index (χ2n) is 4.78. The quantitative estimate of drug-likeness (QED) is 0.587. The van der Waals surface area contributed by atoms with E-state index < -0.39 is 16.7 Å². The van der Waals surface area contributed by atoms with Crippen molar-refractivity contribution in [2.45, 2.75) is 32.5 Å². The van der Waals surface area contributed by atoms with Crippen LogP contribution < -0.4 is 4.74 Å². The molecule has 17 heavy (non-hydrogen) atoms. The molecule has 0 aromatic heterocycles. The molecule has 1 aromatic carbocycles. The lowest BCUT2D eigenvalue weighted by atomic mass is 9.86. The zero-order chi connectivity index (χ0) is 12.8. The van der Waals surface area contributed by atoms with Gasteiger partial charge >= 0.3 is 0 Å². The van der Waals surface area contributed by atoms with Gasteiger partial charge in [-0.1, -0.05) is 13.8 Å². The van der Waals surface area contributed by atoms with Crippen LogP contribution in [0.25, 0.3) is 0 Å². The van der Waals surface area contributed by atoms with E-state index in [2.05, 4.69) is 0 Å². The Labute approximate surface area is 98.5 Å². The first-order valence-electron chi connectivity index (χ1n) is 5.47. The van der Waals surface area contributed by atoms with Crippen LogP contribution in [0.3, 0.4) is 0 Å². The lowest BCUT2D eigenvalue weighted by Gasteiger charge is -2.30. The average Bonchev–Trinajstić information content (AvgIpc) is 2.52. The topological polar surface area (TPSA) is 52.4 Å². The van der Waals surface area contributed by atoms with Crippen molar-refractivity contribution >= 4 is 5.69 Å². The summed E-state index contributed by atoms with van der Waals surface area (Å²) in [5.74, 6) is 0.378. The van der Waals surface area contributed by atoms with Crippen molar-refractivity contribution in [2.75, 3.05) is 0 Å². The second-order valence-corrected chi connectivity index (χ2v) is 4.78. The molecular weight excluding hydrogens is 225 g/mol. The fourth-order valence-electron chi connectivity index (χ4n) is 1.95. The summed E-state index contributed by atoms with van der Waals surface area (Å²) < 4.78 is 19.9. The highest BCUT2D eigenvalue weighted by atomic mass is 19.1. The van der Waals surface area contributed by atoms with Gasteiger partial charge in [-0.3, -0.25) is 10.1 Å². The van der Waals surface area contributed by atoms with E-state index in [4.69, 9.17) is 4.74 Å². The van der Waals surface area contributed by atoms with Gasteiger partial charge in [0, 0.05) is 17.7 Å². The van der Waals surface area contributed by atoms with E-state index in [1.54, 1.807) is 6.92 Å². The second kappa shape index (κ2) is 3.68. The molecule has 1 heterocycles. The molecular formula is C12H14FNO3. The number of rotatable bonds is 2. The van der Waals surface area contributed by atoms with Gasteiger partial charge in [-0.25, -0.2) is 4.39 Å². The molecule has 2 rings (SSSR count). The van der Waals surface area contributed by atoms with Crippen molar-refractivity contribution in [3.8, 4) is 5.75 Å². The van der Waals surface area contributed by atoms with Crippen molar-refractivity contribution in [3.63, 3.8) is 0 Å². The van der Waals surface area contributed by atoms with Gasteiger partial charge in [-0.2, -0.15) is 0 Å². The van der Waals surface area contributed by atoms with Crippen molar-refractivity contribution in [3.05, 3.63) is 33.9 Å². The molecule has 1 aliphatic heterocycles. The summed E-state index contributed by atoms with van der Waals surface area (Å²) in [5.41, 5.74) is -0.782. The van der Waals surface area contributed by atoms with Crippen molar-refractivity contribution in [1.82, 2.24) is 0 Å². The molecule has 0 amide bonds. The van der Waals surface area contributed by atoms with Crippen molar-refractivity contribution in [1.29, 1.82) is 0 Å².